The number of aromatic amines is 1. The van der Waals surface area contributed by atoms with E-state index in [-0.39, 0.29) is 22.0 Å². The van der Waals surface area contributed by atoms with Gasteiger partial charge in [-0.15, -0.1) is 0 Å². The van der Waals surface area contributed by atoms with E-state index < -0.39 is 11.6 Å². The molecule has 0 amide bonds. The lowest BCUT2D eigenvalue weighted by atomic mass is 10.1. The second-order valence-electron chi connectivity index (χ2n) is 5.04. The number of halogens is 3. The molecule has 0 fully saturated rings. The molecule has 116 valence electrons. The van der Waals surface area contributed by atoms with Crippen molar-refractivity contribution in [3.05, 3.63) is 75.3 Å². The van der Waals surface area contributed by atoms with Crippen LogP contribution in [0, 0.1) is 18.6 Å². The SMILES string of the molecule is Cc1cccc2c(=O)[nH]c(C(Cl)=Cc3cc(F)ccc3F)nc12. The molecule has 0 unspecified atom stereocenters. The highest BCUT2D eigenvalue weighted by molar-refractivity contribution is 6.50. The van der Waals surface area contributed by atoms with E-state index in [1.165, 1.54) is 6.08 Å². The highest BCUT2D eigenvalue weighted by Crippen LogP contribution is 2.22. The molecular weight excluding hydrogens is 322 g/mol. The normalized spacial score (nSPS) is 11.9. The van der Waals surface area contributed by atoms with Crippen molar-refractivity contribution in [3.63, 3.8) is 0 Å². The van der Waals surface area contributed by atoms with Crippen LogP contribution in [0.15, 0.2) is 41.2 Å². The van der Waals surface area contributed by atoms with Crippen molar-refractivity contribution in [2.24, 2.45) is 0 Å². The fourth-order valence-corrected chi connectivity index (χ4v) is 2.46. The van der Waals surface area contributed by atoms with Crippen LogP contribution in [0.3, 0.4) is 0 Å². The van der Waals surface area contributed by atoms with Crippen molar-refractivity contribution in [1.82, 2.24) is 9.97 Å². The molecule has 0 radical (unpaired) electrons. The summed E-state index contributed by atoms with van der Waals surface area (Å²) in [6.45, 7) is 1.82. The van der Waals surface area contributed by atoms with E-state index in [0.29, 0.717) is 10.9 Å². The van der Waals surface area contributed by atoms with Gasteiger partial charge in [0.1, 0.15) is 11.6 Å². The summed E-state index contributed by atoms with van der Waals surface area (Å²) in [6, 6.07) is 8.27. The van der Waals surface area contributed by atoms with Gasteiger partial charge in [0, 0.05) is 5.56 Å². The lowest BCUT2D eigenvalue weighted by Crippen LogP contribution is -2.11. The average molecular weight is 333 g/mol. The van der Waals surface area contributed by atoms with Crippen LogP contribution in [0.5, 0.6) is 0 Å². The first-order valence-electron chi connectivity index (χ1n) is 6.78. The molecule has 1 aromatic heterocycles. The third-order valence-corrected chi connectivity index (χ3v) is 3.69. The van der Waals surface area contributed by atoms with Crippen LogP contribution in [-0.2, 0) is 0 Å². The minimum atomic E-state index is -0.621. The highest BCUT2D eigenvalue weighted by atomic mass is 35.5. The van der Waals surface area contributed by atoms with E-state index in [9.17, 15) is 13.6 Å². The van der Waals surface area contributed by atoms with Crippen molar-refractivity contribution in [2.45, 2.75) is 6.92 Å². The van der Waals surface area contributed by atoms with Gasteiger partial charge in [0.25, 0.3) is 5.56 Å². The van der Waals surface area contributed by atoms with Crippen molar-refractivity contribution in [3.8, 4) is 0 Å². The number of aromatic nitrogens is 2. The Bertz CT molecular complexity index is 996. The first-order valence-corrected chi connectivity index (χ1v) is 7.16. The summed E-state index contributed by atoms with van der Waals surface area (Å²) in [7, 11) is 0. The summed E-state index contributed by atoms with van der Waals surface area (Å²) in [4.78, 5) is 19.0. The average Bonchev–Trinajstić information content (AvgIpc) is 2.51. The Kier molecular flexibility index (Phi) is 3.96. The lowest BCUT2D eigenvalue weighted by molar-refractivity contribution is 0.598. The molecule has 3 rings (SSSR count). The van der Waals surface area contributed by atoms with Gasteiger partial charge < -0.3 is 4.98 Å². The first-order chi connectivity index (χ1) is 11.0. The fourth-order valence-electron chi connectivity index (χ4n) is 2.25. The summed E-state index contributed by atoms with van der Waals surface area (Å²) in [5, 5.41) is 0.451. The van der Waals surface area contributed by atoms with Gasteiger partial charge in [0.15, 0.2) is 5.82 Å². The predicted octanol–water partition coefficient (Wildman–Crippen LogP) is 4.25. The number of hydrogen-bond donors (Lipinski definition) is 1. The smallest absolute Gasteiger partial charge is 0.259 e. The van der Waals surface area contributed by atoms with Crippen LogP contribution >= 0.6 is 11.6 Å². The Morgan fingerprint density at radius 3 is 2.83 bits per heavy atom. The minimum absolute atomic E-state index is 0.0109. The van der Waals surface area contributed by atoms with Crippen molar-refractivity contribution < 1.29 is 8.78 Å². The predicted molar refractivity (Wildman–Crippen MR) is 87.2 cm³/mol. The summed E-state index contributed by atoms with van der Waals surface area (Å²) < 4.78 is 26.9. The van der Waals surface area contributed by atoms with Crippen LogP contribution < -0.4 is 5.56 Å². The Balaban J connectivity index is 2.16. The molecule has 3 aromatic rings. The Labute approximate surface area is 135 Å². The molecule has 1 heterocycles. The monoisotopic (exact) mass is 332 g/mol. The van der Waals surface area contributed by atoms with E-state index in [0.717, 1.165) is 23.8 Å². The van der Waals surface area contributed by atoms with Gasteiger partial charge in [-0.1, -0.05) is 23.7 Å². The van der Waals surface area contributed by atoms with Crippen LogP contribution in [0.25, 0.3) is 22.0 Å². The maximum absolute atomic E-state index is 13.7. The number of nitrogens with zero attached hydrogens (tertiary/aromatic N) is 1. The van der Waals surface area contributed by atoms with Gasteiger partial charge >= 0.3 is 0 Å². The standard InChI is InChI=1S/C17H11ClF2N2O/c1-9-3-2-4-12-15(9)21-16(22-17(12)23)13(18)8-10-7-11(19)5-6-14(10)20/h2-8H,1H3,(H,21,22,23). The lowest BCUT2D eigenvalue weighted by Gasteiger charge is -2.05. The van der Waals surface area contributed by atoms with Gasteiger partial charge in [0.2, 0.25) is 0 Å². The number of nitrogens with one attached hydrogen (secondary N) is 1. The van der Waals surface area contributed by atoms with Crippen molar-refractivity contribution in [1.29, 1.82) is 0 Å². The largest absolute Gasteiger partial charge is 0.305 e. The van der Waals surface area contributed by atoms with Crippen molar-refractivity contribution in [2.75, 3.05) is 0 Å². The molecule has 0 bridgehead atoms. The molecule has 0 atom stereocenters. The van der Waals surface area contributed by atoms with Crippen LogP contribution in [0.1, 0.15) is 17.0 Å². The van der Waals surface area contributed by atoms with Crippen LogP contribution in [0.2, 0.25) is 0 Å². The van der Waals surface area contributed by atoms with Gasteiger partial charge in [-0.2, -0.15) is 0 Å². The number of fused-ring (bicyclic) bond motifs is 1. The molecule has 0 spiro atoms. The van der Waals surface area contributed by atoms with E-state index in [1.807, 2.05) is 13.0 Å². The van der Waals surface area contributed by atoms with Gasteiger partial charge in [-0.25, -0.2) is 13.8 Å². The highest BCUT2D eigenvalue weighted by Gasteiger charge is 2.10. The summed E-state index contributed by atoms with van der Waals surface area (Å²) in [5.41, 5.74) is 0.955. The molecule has 6 heteroatoms. The summed E-state index contributed by atoms with van der Waals surface area (Å²) >= 11 is 6.13. The molecular formula is C17H11ClF2N2O. The third-order valence-electron chi connectivity index (χ3n) is 3.40. The Morgan fingerprint density at radius 1 is 1.26 bits per heavy atom. The zero-order chi connectivity index (χ0) is 16.6. The zero-order valence-electron chi connectivity index (χ0n) is 12.0. The number of hydrogen-bond acceptors (Lipinski definition) is 2. The van der Waals surface area contributed by atoms with Gasteiger partial charge in [-0.3, -0.25) is 4.79 Å². The second kappa shape index (κ2) is 5.93. The van der Waals surface area contributed by atoms with E-state index in [4.69, 9.17) is 11.6 Å². The molecule has 0 aliphatic rings. The quantitative estimate of drug-likeness (QED) is 0.762. The second-order valence-corrected chi connectivity index (χ2v) is 5.45. The zero-order valence-corrected chi connectivity index (χ0v) is 12.8. The van der Waals surface area contributed by atoms with E-state index in [2.05, 4.69) is 9.97 Å². The Morgan fingerprint density at radius 2 is 2.04 bits per heavy atom. The summed E-state index contributed by atoms with van der Waals surface area (Å²) in [5.74, 6) is -1.11. The fraction of sp³-hybridized carbons (Fsp3) is 0.0588. The molecule has 0 saturated carbocycles. The molecule has 23 heavy (non-hydrogen) atoms. The minimum Gasteiger partial charge on any atom is -0.305 e. The number of H-pyrrole nitrogens is 1. The van der Waals surface area contributed by atoms with Crippen molar-refractivity contribution >= 4 is 33.6 Å². The number of para-hydroxylation sites is 1. The molecule has 0 saturated heterocycles. The number of benzene rings is 2. The van der Waals surface area contributed by atoms with Crippen LogP contribution in [-0.4, -0.2) is 9.97 Å². The van der Waals surface area contributed by atoms with Crippen LogP contribution in [0.4, 0.5) is 8.78 Å². The van der Waals surface area contributed by atoms with Gasteiger partial charge in [-0.05, 0) is 42.8 Å². The molecule has 0 aliphatic carbocycles. The molecule has 0 aliphatic heterocycles. The molecule has 3 nitrogen and oxygen atoms in total. The molecule has 2 aromatic carbocycles. The maximum Gasteiger partial charge on any atom is 0.259 e. The third kappa shape index (κ3) is 3.00. The van der Waals surface area contributed by atoms with E-state index >= 15 is 0 Å². The van der Waals surface area contributed by atoms with Gasteiger partial charge in [0.05, 0.1) is 15.9 Å². The van der Waals surface area contributed by atoms with E-state index in [1.54, 1.807) is 12.1 Å². The topological polar surface area (TPSA) is 45.8 Å². The molecule has 1 N–H and O–H groups in total. The number of rotatable bonds is 2. The summed E-state index contributed by atoms with van der Waals surface area (Å²) in [6.07, 6.45) is 1.22. The first kappa shape index (κ1) is 15.4. The maximum atomic E-state index is 13.7. The number of aryl methyl sites for hydroxylation is 1. The Hall–Kier alpha value is -2.53.